The maximum atomic E-state index is 11.0. The Morgan fingerprint density at radius 2 is 2.40 bits per heavy atom. The van der Waals surface area contributed by atoms with E-state index < -0.39 is 10.8 Å². The lowest BCUT2D eigenvalue weighted by atomic mass is 10.2. The molecule has 0 heterocycles. The predicted octanol–water partition coefficient (Wildman–Crippen LogP) is 2.32. The van der Waals surface area contributed by atoms with Crippen LogP contribution in [0, 0.1) is 0 Å². The Balaban J connectivity index is 2.89. The fourth-order valence-corrected chi connectivity index (χ4v) is 2.71. The molecule has 10 heavy (non-hydrogen) atoms. The molecule has 0 aliphatic heterocycles. The Hall–Kier alpha value is 0.110. The normalized spacial score (nSPS) is 21.4. The Kier molecular flexibility index (Phi) is 2.86. The summed E-state index contributed by atoms with van der Waals surface area (Å²) in [6, 6.07) is 0. The molecule has 0 radical (unpaired) electrons. The van der Waals surface area contributed by atoms with E-state index in [0.717, 1.165) is 22.2 Å². The van der Waals surface area contributed by atoms with Gasteiger partial charge in [0.25, 0.3) is 0 Å². The molecule has 56 valence electrons. The van der Waals surface area contributed by atoms with Crippen LogP contribution in [0.1, 0.15) is 12.8 Å². The summed E-state index contributed by atoms with van der Waals surface area (Å²) >= 11 is 3.36. The molecule has 0 aromatic carbocycles. The molecule has 0 saturated heterocycles. The lowest BCUT2D eigenvalue weighted by Crippen LogP contribution is -1.96. The van der Waals surface area contributed by atoms with Gasteiger partial charge in [0.1, 0.15) is 0 Å². The van der Waals surface area contributed by atoms with Gasteiger partial charge in [0.15, 0.2) is 0 Å². The molecule has 1 atom stereocenters. The molecule has 0 amide bonds. The highest BCUT2D eigenvalue weighted by Gasteiger charge is 2.08. The Labute approximate surface area is 71.8 Å². The summed E-state index contributed by atoms with van der Waals surface area (Å²) in [5.41, 5.74) is 0. The standard InChI is InChI=1S/C7H9BrOS/c1-10(9)7-5-3-2-4-6(7)8/h2,4H,3,5H2,1H3. The summed E-state index contributed by atoms with van der Waals surface area (Å²) in [4.78, 5) is 1.03. The van der Waals surface area contributed by atoms with Crippen LogP contribution in [0.4, 0.5) is 0 Å². The molecule has 0 fully saturated rings. The number of hydrogen-bond acceptors (Lipinski definition) is 1. The number of hydrogen-bond donors (Lipinski definition) is 0. The first-order valence-electron chi connectivity index (χ1n) is 3.10. The lowest BCUT2D eigenvalue weighted by Gasteiger charge is -2.07. The van der Waals surface area contributed by atoms with E-state index in [-0.39, 0.29) is 0 Å². The maximum absolute atomic E-state index is 11.0. The maximum Gasteiger partial charge on any atom is 0.0468 e. The Morgan fingerprint density at radius 3 is 2.80 bits per heavy atom. The zero-order valence-corrected chi connectivity index (χ0v) is 8.17. The fourth-order valence-electron chi connectivity index (χ4n) is 0.895. The molecule has 1 aliphatic carbocycles. The van der Waals surface area contributed by atoms with Crippen LogP contribution in [0.3, 0.4) is 0 Å². The molecular formula is C7H9BrOS. The topological polar surface area (TPSA) is 17.1 Å². The van der Waals surface area contributed by atoms with Crippen molar-refractivity contribution in [3.8, 4) is 0 Å². The molecule has 3 heteroatoms. The van der Waals surface area contributed by atoms with E-state index in [1.54, 1.807) is 6.26 Å². The van der Waals surface area contributed by atoms with Gasteiger partial charge >= 0.3 is 0 Å². The average molecular weight is 221 g/mol. The second-order valence-electron chi connectivity index (χ2n) is 2.17. The molecule has 0 aromatic heterocycles. The third-order valence-corrected chi connectivity index (χ3v) is 3.54. The van der Waals surface area contributed by atoms with Crippen molar-refractivity contribution in [3.63, 3.8) is 0 Å². The van der Waals surface area contributed by atoms with Crippen LogP contribution in [0.15, 0.2) is 21.5 Å². The van der Waals surface area contributed by atoms with Gasteiger partial charge in [0.05, 0.1) is 0 Å². The van der Waals surface area contributed by atoms with Gasteiger partial charge in [-0.2, -0.15) is 0 Å². The van der Waals surface area contributed by atoms with Crippen LogP contribution >= 0.6 is 15.9 Å². The molecule has 1 rings (SSSR count). The van der Waals surface area contributed by atoms with Crippen molar-refractivity contribution in [2.45, 2.75) is 12.8 Å². The van der Waals surface area contributed by atoms with Crippen molar-refractivity contribution in [1.82, 2.24) is 0 Å². The molecule has 1 nitrogen and oxygen atoms in total. The van der Waals surface area contributed by atoms with E-state index >= 15 is 0 Å². The van der Waals surface area contributed by atoms with Gasteiger partial charge < -0.3 is 0 Å². The highest BCUT2D eigenvalue weighted by atomic mass is 79.9. The van der Waals surface area contributed by atoms with Crippen molar-refractivity contribution in [2.75, 3.05) is 6.26 Å². The summed E-state index contributed by atoms with van der Waals surface area (Å²) in [7, 11) is -0.801. The monoisotopic (exact) mass is 220 g/mol. The summed E-state index contributed by atoms with van der Waals surface area (Å²) in [6.45, 7) is 0. The highest BCUT2D eigenvalue weighted by Crippen LogP contribution is 2.24. The first-order chi connectivity index (χ1) is 4.72. The van der Waals surface area contributed by atoms with Crippen molar-refractivity contribution in [2.24, 2.45) is 0 Å². The number of halogens is 1. The van der Waals surface area contributed by atoms with Gasteiger partial charge in [0, 0.05) is 26.4 Å². The molecule has 0 bridgehead atoms. The van der Waals surface area contributed by atoms with Gasteiger partial charge in [-0.1, -0.05) is 12.2 Å². The van der Waals surface area contributed by atoms with Crippen LogP contribution in [0.2, 0.25) is 0 Å². The smallest absolute Gasteiger partial charge is 0.0468 e. The minimum absolute atomic E-state index is 0.801. The summed E-state index contributed by atoms with van der Waals surface area (Å²) in [5.74, 6) is 0. The molecule has 1 unspecified atom stereocenters. The minimum Gasteiger partial charge on any atom is -0.255 e. The molecule has 0 spiro atoms. The van der Waals surface area contributed by atoms with E-state index in [1.807, 2.05) is 6.08 Å². The quantitative estimate of drug-likeness (QED) is 0.664. The van der Waals surface area contributed by atoms with Crippen molar-refractivity contribution >= 4 is 26.7 Å². The van der Waals surface area contributed by atoms with Crippen LogP contribution in [0.5, 0.6) is 0 Å². The zero-order valence-electron chi connectivity index (χ0n) is 5.76. The first kappa shape index (κ1) is 8.21. The van der Waals surface area contributed by atoms with Crippen molar-refractivity contribution in [1.29, 1.82) is 0 Å². The van der Waals surface area contributed by atoms with Crippen molar-refractivity contribution < 1.29 is 4.21 Å². The molecular weight excluding hydrogens is 212 g/mol. The first-order valence-corrected chi connectivity index (χ1v) is 5.45. The molecule has 0 aromatic rings. The third kappa shape index (κ3) is 1.80. The summed E-state index contributed by atoms with van der Waals surface area (Å²) < 4.78 is 12.0. The van der Waals surface area contributed by atoms with Gasteiger partial charge in [-0.3, -0.25) is 4.21 Å². The van der Waals surface area contributed by atoms with E-state index in [4.69, 9.17) is 0 Å². The molecule has 1 aliphatic rings. The minimum atomic E-state index is -0.801. The number of rotatable bonds is 1. The van der Waals surface area contributed by atoms with Gasteiger partial charge in [-0.05, 0) is 28.8 Å². The van der Waals surface area contributed by atoms with E-state index in [0.29, 0.717) is 0 Å². The SMILES string of the molecule is CS(=O)C1=C(Br)C=CCC1. The van der Waals surface area contributed by atoms with Gasteiger partial charge in [-0.25, -0.2) is 0 Å². The van der Waals surface area contributed by atoms with Crippen LogP contribution in [0.25, 0.3) is 0 Å². The van der Waals surface area contributed by atoms with Crippen molar-refractivity contribution in [3.05, 3.63) is 21.5 Å². The number of allylic oxidation sites excluding steroid dienone is 4. The fraction of sp³-hybridized carbons (Fsp3) is 0.429. The van der Waals surface area contributed by atoms with Crippen LogP contribution in [-0.2, 0) is 10.8 Å². The van der Waals surface area contributed by atoms with E-state index in [2.05, 4.69) is 22.0 Å². The Bertz CT molecular complexity index is 218. The predicted molar refractivity (Wildman–Crippen MR) is 48.4 cm³/mol. The summed E-state index contributed by atoms with van der Waals surface area (Å²) in [5, 5.41) is 0. The van der Waals surface area contributed by atoms with Gasteiger partial charge in [0.2, 0.25) is 0 Å². The average Bonchev–Trinajstić information content (AvgIpc) is 1.88. The molecule has 0 saturated carbocycles. The second-order valence-corrected chi connectivity index (χ2v) is 4.42. The van der Waals surface area contributed by atoms with Gasteiger partial charge in [-0.15, -0.1) is 0 Å². The highest BCUT2D eigenvalue weighted by molar-refractivity contribution is 9.12. The zero-order chi connectivity index (χ0) is 7.56. The summed E-state index contributed by atoms with van der Waals surface area (Å²) in [6.07, 6.45) is 7.72. The largest absolute Gasteiger partial charge is 0.255 e. The van der Waals surface area contributed by atoms with E-state index in [9.17, 15) is 4.21 Å². The Morgan fingerprint density at radius 1 is 1.70 bits per heavy atom. The lowest BCUT2D eigenvalue weighted by molar-refractivity contribution is 0.688. The second kappa shape index (κ2) is 3.49. The molecule has 0 N–H and O–H groups in total. The van der Waals surface area contributed by atoms with Crippen LogP contribution < -0.4 is 0 Å². The third-order valence-electron chi connectivity index (χ3n) is 1.42. The van der Waals surface area contributed by atoms with E-state index in [1.165, 1.54) is 0 Å². The van der Waals surface area contributed by atoms with Crippen LogP contribution in [-0.4, -0.2) is 10.5 Å².